The summed E-state index contributed by atoms with van der Waals surface area (Å²) >= 11 is 0. The third kappa shape index (κ3) is 4.75. The van der Waals surface area contributed by atoms with E-state index in [0.29, 0.717) is 5.69 Å². The number of carbonyl (C=O) groups excluding carboxylic acids is 2. The molecule has 0 radical (unpaired) electrons. The van der Waals surface area contributed by atoms with Crippen LogP contribution in [0.4, 0.5) is 9.57 Å². The first-order chi connectivity index (χ1) is 11.2. The average molecular weight is 358 g/mol. The molecule has 2 amide bonds. The number of carboxylic acids is 1. The summed E-state index contributed by atoms with van der Waals surface area (Å²) in [6, 6.07) is 5.80. The largest absolute Gasteiger partial charge is 0.480 e. The van der Waals surface area contributed by atoms with E-state index in [1.54, 1.807) is 0 Å². The SMILES string of the molecule is O=C(O)CNC(=O)c1ccc(N2CC(CS(=O)(=O)F)CC2=O)cc1. The van der Waals surface area contributed by atoms with Gasteiger partial charge in [-0.3, -0.25) is 14.4 Å². The lowest BCUT2D eigenvalue weighted by molar-refractivity contribution is -0.135. The van der Waals surface area contributed by atoms with Gasteiger partial charge < -0.3 is 15.3 Å². The number of carboxylic acid groups (broad SMARTS) is 1. The highest BCUT2D eigenvalue weighted by atomic mass is 32.3. The van der Waals surface area contributed by atoms with E-state index in [1.807, 2.05) is 0 Å². The Kier molecular flexibility index (Phi) is 5.17. The van der Waals surface area contributed by atoms with Crippen molar-refractivity contribution in [2.24, 2.45) is 5.92 Å². The van der Waals surface area contributed by atoms with Crippen molar-refractivity contribution in [3.8, 4) is 0 Å². The smallest absolute Gasteiger partial charge is 0.322 e. The van der Waals surface area contributed by atoms with Crippen molar-refractivity contribution < 1.29 is 31.8 Å². The molecule has 0 spiro atoms. The Morgan fingerprint density at radius 3 is 2.46 bits per heavy atom. The molecule has 2 rings (SSSR count). The van der Waals surface area contributed by atoms with Gasteiger partial charge in [0.15, 0.2) is 0 Å². The molecule has 1 heterocycles. The quantitative estimate of drug-likeness (QED) is 0.699. The summed E-state index contributed by atoms with van der Waals surface area (Å²) in [5, 5.41) is 10.7. The fourth-order valence-corrected chi connectivity index (χ4v) is 3.26. The highest BCUT2D eigenvalue weighted by Gasteiger charge is 2.33. The zero-order valence-corrected chi connectivity index (χ0v) is 13.3. The van der Waals surface area contributed by atoms with Gasteiger partial charge in [-0.25, -0.2) is 0 Å². The summed E-state index contributed by atoms with van der Waals surface area (Å²) < 4.78 is 34.1. The lowest BCUT2D eigenvalue weighted by Gasteiger charge is -2.16. The normalized spacial score (nSPS) is 17.8. The lowest BCUT2D eigenvalue weighted by Crippen LogP contribution is -2.29. The van der Waals surface area contributed by atoms with Gasteiger partial charge in [-0.15, -0.1) is 3.89 Å². The van der Waals surface area contributed by atoms with E-state index in [4.69, 9.17) is 5.11 Å². The molecule has 0 aliphatic carbocycles. The van der Waals surface area contributed by atoms with Gasteiger partial charge in [0, 0.05) is 30.1 Å². The summed E-state index contributed by atoms with van der Waals surface area (Å²) in [6.45, 7) is -0.433. The molecular weight excluding hydrogens is 343 g/mol. The predicted octanol–water partition coefficient (Wildman–Crippen LogP) is 0.153. The number of benzene rings is 1. The van der Waals surface area contributed by atoms with E-state index >= 15 is 0 Å². The molecule has 1 fully saturated rings. The summed E-state index contributed by atoms with van der Waals surface area (Å²) in [7, 11) is -4.65. The first-order valence-electron chi connectivity index (χ1n) is 6.98. The Hall–Kier alpha value is -2.49. The van der Waals surface area contributed by atoms with Gasteiger partial charge in [0.05, 0.1) is 5.75 Å². The monoisotopic (exact) mass is 358 g/mol. The van der Waals surface area contributed by atoms with Crippen molar-refractivity contribution in [2.75, 3.05) is 23.7 Å². The number of nitrogens with zero attached hydrogens (tertiary/aromatic N) is 1. The minimum Gasteiger partial charge on any atom is -0.480 e. The van der Waals surface area contributed by atoms with Crippen molar-refractivity contribution >= 4 is 33.7 Å². The molecule has 24 heavy (non-hydrogen) atoms. The number of carbonyl (C=O) groups is 3. The first-order valence-corrected chi connectivity index (χ1v) is 8.54. The van der Waals surface area contributed by atoms with Crippen molar-refractivity contribution in [3.63, 3.8) is 0 Å². The molecule has 0 bridgehead atoms. The maximum atomic E-state index is 12.7. The molecule has 1 aromatic carbocycles. The van der Waals surface area contributed by atoms with Crippen LogP contribution in [0.15, 0.2) is 24.3 Å². The van der Waals surface area contributed by atoms with Crippen LogP contribution < -0.4 is 10.2 Å². The Balaban J connectivity index is 2.04. The number of anilines is 1. The van der Waals surface area contributed by atoms with Crippen LogP contribution in [0.5, 0.6) is 0 Å². The van der Waals surface area contributed by atoms with Crippen molar-refractivity contribution in [2.45, 2.75) is 6.42 Å². The van der Waals surface area contributed by atoms with E-state index in [-0.39, 0.29) is 24.4 Å². The fraction of sp³-hybridized carbons (Fsp3) is 0.357. The number of rotatable bonds is 6. The molecule has 1 aliphatic heterocycles. The second-order valence-corrected chi connectivity index (χ2v) is 6.81. The number of halogens is 1. The van der Waals surface area contributed by atoms with Crippen LogP contribution in [0.1, 0.15) is 16.8 Å². The van der Waals surface area contributed by atoms with Crippen LogP contribution in [0.2, 0.25) is 0 Å². The number of hydrogen-bond acceptors (Lipinski definition) is 5. The number of amides is 2. The third-order valence-electron chi connectivity index (χ3n) is 3.48. The van der Waals surface area contributed by atoms with E-state index in [0.717, 1.165) is 0 Å². The van der Waals surface area contributed by atoms with Gasteiger partial charge in [0.1, 0.15) is 6.54 Å². The van der Waals surface area contributed by atoms with E-state index in [2.05, 4.69) is 5.32 Å². The van der Waals surface area contributed by atoms with Crippen LogP contribution in [0.25, 0.3) is 0 Å². The molecule has 1 atom stereocenters. The molecular formula is C14H15FN2O6S. The molecule has 1 saturated heterocycles. The number of aliphatic carboxylic acids is 1. The molecule has 130 valence electrons. The van der Waals surface area contributed by atoms with Gasteiger partial charge in [0.25, 0.3) is 5.91 Å². The van der Waals surface area contributed by atoms with Crippen LogP contribution in [0, 0.1) is 5.92 Å². The first kappa shape index (κ1) is 17.9. The van der Waals surface area contributed by atoms with Gasteiger partial charge in [-0.1, -0.05) is 0 Å². The fourth-order valence-electron chi connectivity index (χ4n) is 2.47. The summed E-state index contributed by atoms with van der Waals surface area (Å²) in [5.41, 5.74) is 0.670. The molecule has 2 N–H and O–H groups in total. The molecule has 8 nitrogen and oxygen atoms in total. The molecule has 0 aromatic heterocycles. The van der Waals surface area contributed by atoms with E-state index in [1.165, 1.54) is 29.2 Å². The zero-order valence-electron chi connectivity index (χ0n) is 12.4. The van der Waals surface area contributed by atoms with Gasteiger partial charge in [0.2, 0.25) is 5.91 Å². The molecule has 1 aliphatic rings. The molecule has 1 unspecified atom stereocenters. The van der Waals surface area contributed by atoms with Crippen molar-refractivity contribution in [1.29, 1.82) is 0 Å². The Bertz CT molecular complexity index is 762. The van der Waals surface area contributed by atoms with Gasteiger partial charge in [-0.05, 0) is 24.3 Å². The average Bonchev–Trinajstić information content (AvgIpc) is 2.83. The highest BCUT2D eigenvalue weighted by molar-refractivity contribution is 7.86. The minimum atomic E-state index is -4.65. The van der Waals surface area contributed by atoms with Crippen LogP contribution in [-0.4, -0.2) is 50.2 Å². The lowest BCUT2D eigenvalue weighted by atomic mass is 10.1. The number of hydrogen-bond donors (Lipinski definition) is 2. The third-order valence-corrected chi connectivity index (χ3v) is 4.35. The zero-order chi connectivity index (χ0) is 17.9. The Morgan fingerprint density at radius 1 is 1.29 bits per heavy atom. The minimum absolute atomic E-state index is 0.0655. The van der Waals surface area contributed by atoms with Crippen molar-refractivity contribution in [3.05, 3.63) is 29.8 Å². The topological polar surface area (TPSA) is 121 Å². The second kappa shape index (κ2) is 6.95. The summed E-state index contributed by atoms with van der Waals surface area (Å²) in [4.78, 5) is 35.4. The molecule has 1 aromatic rings. The van der Waals surface area contributed by atoms with Crippen LogP contribution in [-0.2, 0) is 19.8 Å². The van der Waals surface area contributed by atoms with Crippen LogP contribution in [0.3, 0.4) is 0 Å². The number of nitrogens with one attached hydrogen (secondary N) is 1. The van der Waals surface area contributed by atoms with Crippen LogP contribution >= 0.6 is 0 Å². The second-order valence-electron chi connectivity index (χ2n) is 5.40. The maximum absolute atomic E-state index is 12.7. The van der Waals surface area contributed by atoms with E-state index in [9.17, 15) is 26.7 Å². The van der Waals surface area contributed by atoms with Crippen molar-refractivity contribution in [1.82, 2.24) is 5.32 Å². The molecule has 0 saturated carbocycles. The standard InChI is InChI=1S/C14H15FN2O6S/c15-24(22,23)8-9-5-12(18)17(7-9)11-3-1-10(2-4-11)14(21)16-6-13(19)20/h1-4,9H,5-8H2,(H,16,21)(H,19,20). The van der Waals surface area contributed by atoms with Gasteiger partial charge >= 0.3 is 16.2 Å². The Labute approximate surface area is 137 Å². The summed E-state index contributed by atoms with van der Waals surface area (Å²) in [6.07, 6.45) is -0.0655. The maximum Gasteiger partial charge on any atom is 0.322 e. The molecule has 10 heteroatoms. The van der Waals surface area contributed by atoms with E-state index < -0.39 is 40.3 Å². The Morgan fingerprint density at radius 2 is 1.92 bits per heavy atom. The highest BCUT2D eigenvalue weighted by Crippen LogP contribution is 2.26. The van der Waals surface area contributed by atoms with Gasteiger partial charge in [-0.2, -0.15) is 8.42 Å². The predicted molar refractivity (Wildman–Crippen MR) is 81.8 cm³/mol. The summed E-state index contributed by atoms with van der Waals surface area (Å²) in [5.74, 6) is -3.39.